The quantitative estimate of drug-likeness (QED) is 0.0956. The van der Waals surface area contributed by atoms with Crippen LogP contribution in [-0.2, 0) is 32.7 Å². The van der Waals surface area contributed by atoms with Gasteiger partial charge in [-0.05, 0) is 6.07 Å². The molecule has 2 saturated heterocycles. The SMILES string of the molecule is Nc1ccn(C2OC(COP(=O)(O)OC3(C(=O)O)CC(O)C(NC(=O)CO)C(C(O)C(O)CO)O3)C(O)C2O)c(=O)n1. The van der Waals surface area contributed by atoms with Gasteiger partial charge in [0.05, 0.1) is 25.4 Å². The molecule has 11 atom stereocenters. The van der Waals surface area contributed by atoms with Crippen molar-refractivity contribution in [2.45, 2.75) is 67.2 Å². The lowest BCUT2D eigenvalue weighted by molar-refractivity contribution is -0.289. The maximum atomic E-state index is 12.8. The Morgan fingerprint density at radius 3 is 2.50 bits per heavy atom. The number of phosphoric acid groups is 1. The van der Waals surface area contributed by atoms with E-state index in [1.165, 1.54) is 6.07 Å². The molecular weight excluding hydrogens is 599 g/mol. The largest absolute Gasteiger partial charge is 0.477 e. The molecular formula is C20H31N4O17P. The number of rotatable bonds is 12. The van der Waals surface area contributed by atoms with E-state index in [2.05, 4.69) is 4.98 Å². The molecule has 42 heavy (non-hydrogen) atoms. The van der Waals surface area contributed by atoms with Crippen LogP contribution < -0.4 is 16.7 Å². The second kappa shape index (κ2) is 13.3. The Kier molecular flexibility index (Phi) is 10.8. The Morgan fingerprint density at radius 2 is 1.93 bits per heavy atom. The summed E-state index contributed by atoms with van der Waals surface area (Å²) in [7, 11) is -5.56. The van der Waals surface area contributed by atoms with Crippen LogP contribution in [0.15, 0.2) is 17.1 Å². The van der Waals surface area contributed by atoms with E-state index < -0.39 is 112 Å². The van der Waals surface area contributed by atoms with Gasteiger partial charge in [0.1, 0.15) is 49.0 Å². The van der Waals surface area contributed by atoms with Crippen LogP contribution in [0.5, 0.6) is 0 Å². The molecule has 1 amide bonds. The molecule has 0 radical (unpaired) electrons. The number of hydrogen-bond acceptors (Lipinski definition) is 17. The molecule has 0 saturated carbocycles. The molecule has 11 unspecified atom stereocenters. The number of aliphatic hydroxyl groups excluding tert-OH is 7. The van der Waals surface area contributed by atoms with E-state index in [4.69, 9.17) is 29.4 Å². The molecule has 21 nitrogen and oxygen atoms in total. The minimum absolute atomic E-state index is 0.146. The van der Waals surface area contributed by atoms with Crippen molar-refractivity contribution in [3.05, 3.63) is 22.7 Å². The van der Waals surface area contributed by atoms with E-state index in [-0.39, 0.29) is 5.82 Å². The third kappa shape index (κ3) is 7.29. The number of carbonyl (C=O) groups is 2. The highest BCUT2D eigenvalue weighted by molar-refractivity contribution is 7.47. The lowest BCUT2D eigenvalue weighted by Gasteiger charge is -2.46. The zero-order valence-corrected chi connectivity index (χ0v) is 22.3. The first-order valence-corrected chi connectivity index (χ1v) is 13.6. The fraction of sp³-hybridized carbons (Fsp3) is 0.700. The second-order valence-electron chi connectivity index (χ2n) is 9.35. The summed E-state index contributed by atoms with van der Waals surface area (Å²) >= 11 is 0. The number of aliphatic hydroxyl groups is 7. The van der Waals surface area contributed by atoms with Gasteiger partial charge in [0.15, 0.2) is 6.23 Å². The van der Waals surface area contributed by atoms with Crippen molar-refractivity contribution in [3.63, 3.8) is 0 Å². The summed E-state index contributed by atoms with van der Waals surface area (Å²) in [6.07, 6.45) is -15.2. The first-order valence-electron chi connectivity index (χ1n) is 12.1. The predicted octanol–water partition coefficient (Wildman–Crippen LogP) is -6.30. The van der Waals surface area contributed by atoms with E-state index in [0.29, 0.717) is 0 Å². The summed E-state index contributed by atoms with van der Waals surface area (Å²) in [6, 6.07) is -0.528. The van der Waals surface area contributed by atoms with Crippen LogP contribution in [0.2, 0.25) is 0 Å². The Labute approximate surface area is 234 Å². The number of anilines is 1. The summed E-state index contributed by atoms with van der Waals surface area (Å²) in [5.41, 5.74) is 4.45. The number of nitrogens with zero attached hydrogens (tertiary/aromatic N) is 2. The third-order valence-electron chi connectivity index (χ3n) is 6.42. The highest BCUT2D eigenvalue weighted by atomic mass is 31.2. The van der Waals surface area contributed by atoms with Crippen LogP contribution >= 0.6 is 7.82 Å². The lowest BCUT2D eigenvalue weighted by atomic mass is 9.88. The summed E-state index contributed by atoms with van der Waals surface area (Å²) in [5, 5.41) is 81.6. The van der Waals surface area contributed by atoms with Crippen molar-refractivity contribution < 1.29 is 78.4 Å². The number of nitrogen functional groups attached to an aromatic ring is 1. The standard InChI is InChI=1S/C20H31N4O17P/c21-10-1-2-24(19(35)22-10)17-15(32)14(31)9(39-17)6-38-42(36,37)41-20(18(33)34)3-7(27)12(23-11(29)5-26)16(40-20)13(30)8(28)4-25/h1-2,7-9,12-17,25-28,30-32H,3-6H2,(H,23,29)(H,33,34)(H,36,37)(H2,21,22,35). The van der Waals surface area contributed by atoms with Crippen LogP contribution in [0, 0.1) is 0 Å². The Morgan fingerprint density at radius 1 is 1.26 bits per heavy atom. The van der Waals surface area contributed by atoms with Gasteiger partial charge in [0.2, 0.25) is 5.91 Å². The van der Waals surface area contributed by atoms with Gasteiger partial charge in [0.25, 0.3) is 5.79 Å². The monoisotopic (exact) mass is 630 g/mol. The smallest absolute Gasteiger partial charge is 0.475 e. The van der Waals surface area contributed by atoms with Gasteiger partial charge in [-0.25, -0.2) is 18.7 Å². The Balaban J connectivity index is 1.79. The van der Waals surface area contributed by atoms with Gasteiger partial charge < -0.3 is 66.3 Å². The zero-order chi connectivity index (χ0) is 31.6. The number of hydrogen-bond donors (Lipinski definition) is 11. The highest BCUT2D eigenvalue weighted by Gasteiger charge is 2.59. The van der Waals surface area contributed by atoms with Crippen LogP contribution in [0.25, 0.3) is 0 Å². The summed E-state index contributed by atoms with van der Waals surface area (Å²) in [6.45, 7) is -3.25. The number of aliphatic carboxylic acids is 1. The van der Waals surface area contributed by atoms with Crippen molar-refractivity contribution in [2.75, 3.05) is 25.6 Å². The zero-order valence-electron chi connectivity index (χ0n) is 21.4. The Hall–Kier alpha value is -2.63. The number of carboxylic acid groups (broad SMARTS) is 1. The number of nitrogens with two attached hydrogens (primary N) is 1. The molecule has 2 aliphatic heterocycles. The van der Waals surface area contributed by atoms with E-state index in [0.717, 1.165) is 10.8 Å². The summed E-state index contributed by atoms with van der Waals surface area (Å²) < 4.78 is 33.6. The average Bonchev–Trinajstić information content (AvgIpc) is 3.20. The van der Waals surface area contributed by atoms with Gasteiger partial charge in [-0.3, -0.25) is 13.9 Å². The van der Waals surface area contributed by atoms with Gasteiger partial charge >= 0.3 is 19.5 Å². The van der Waals surface area contributed by atoms with Crippen LogP contribution in [0.1, 0.15) is 12.6 Å². The normalized spacial score (nSPS) is 34.3. The number of nitrogens with one attached hydrogen (secondary N) is 1. The molecule has 3 rings (SSSR count). The minimum atomic E-state index is -5.56. The maximum Gasteiger partial charge on any atom is 0.475 e. The summed E-state index contributed by atoms with van der Waals surface area (Å²) in [4.78, 5) is 49.7. The average molecular weight is 630 g/mol. The molecule has 0 bridgehead atoms. The number of aromatic nitrogens is 2. The van der Waals surface area contributed by atoms with Gasteiger partial charge in [0, 0.05) is 12.6 Å². The highest BCUT2D eigenvalue weighted by Crippen LogP contribution is 2.51. The van der Waals surface area contributed by atoms with E-state index in [1.807, 2.05) is 5.32 Å². The minimum Gasteiger partial charge on any atom is -0.477 e. The van der Waals surface area contributed by atoms with Gasteiger partial charge in [-0.2, -0.15) is 4.98 Å². The molecule has 0 aromatic carbocycles. The first-order chi connectivity index (χ1) is 19.6. The molecule has 12 N–H and O–H groups in total. The third-order valence-corrected chi connectivity index (χ3v) is 7.42. The van der Waals surface area contributed by atoms with E-state index in [1.54, 1.807) is 0 Å². The molecule has 1 aromatic heterocycles. The molecule has 2 aliphatic rings. The van der Waals surface area contributed by atoms with Crippen molar-refractivity contribution in [2.24, 2.45) is 0 Å². The Bertz CT molecular complexity index is 1240. The first kappa shape index (κ1) is 33.9. The predicted molar refractivity (Wildman–Crippen MR) is 130 cm³/mol. The number of ether oxygens (including phenoxy) is 2. The molecule has 0 spiro atoms. The molecule has 0 aliphatic carbocycles. The van der Waals surface area contributed by atoms with E-state index >= 15 is 0 Å². The van der Waals surface area contributed by atoms with Crippen molar-refractivity contribution in [1.82, 2.24) is 14.9 Å². The number of phosphoric ester groups is 1. The topological polar surface area (TPSA) is 343 Å². The molecule has 238 valence electrons. The molecule has 3 heterocycles. The molecule has 1 aromatic rings. The van der Waals surface area contributed by atoms with Crippen molar-refractivity contribution in [3.8, 4) is 0 Å². The van der Waals surface area contributed by atoms with Crippen molar-refractivity contribution >= 4 is 25.5 Å². The van der Waals surface area contributed by atoms with Crippen LogP contribution in [0.3, 0.4) is 0 Å². The number of amides is 1. The summed E-state index contributed by atoms with van der Waals surface area (Å²) in [5.74, 6) is -6.67. The lowest BCUT2D eigenvalue weighted by Crippen LogP contribution is -2.68. The fourth-order valence-electron chi connectivity index (χ4n) is 4.31. The van der Waals surface area contributed by atoms with Gasteiger partial charge in [-0.1, -0.05) is 0 Å². The number of carbonyl (C=O) groups excluding carboxylic acids is 1. The van der Waals surface area contributed by atoms with Crippen LogP contribution in [-0.4, -0.2) is 142 Å². The maximum absolute atomic E-state index is 12.8. The molecule has 2 fully saturated rings. The fourth-order valence-corrected chi connectivity index (χ4v) is 5.27. The van der Waals surface area contributed by atoms with Gasteiger partial charge in [-0.15, -0.1) is 0 Å². The van der Waals surface area contributed by atoms with Crippen molar-refractivity contribution in [1.29, 1.82) is 0 Å². The van der Waals surface area contributed by atoms with Crippen LogP contribution in [0.4, 0.5) is 5.82 Å². The molecule has 22 heteroatoms. The number of carboxylic acids is 1. The van der Waals surface area contributed by atoms with E-state index in [9.17, 15) is 59.6 Å². The second-order valence-corrected chi connectivity index (χ2v) is 10.7.